The van der Waals surface area contributed by atoms with Gasteiger partial charge in [0, 0.05) is 10.8 Å². The zero-order valence-corrected chi connectivity index (χ0v) is 10.1. The summed E-state index contributed by atoms with van der Waals surface area (Å²) in [4.78, 5) is 0. The zero-order chi connectivity index (χ0) is 12.3. The van der Waals surface area contributed by atoms with Crippen molar-refractivity contribution in [2.45, 2.75) is 6.92 Å². The van der Waals surface area contributed by atoms with Crippen LogP contribution in [-0.2, 0) is 0 Å². The molecule has 0 spiro atoms. The molecule has 1 heteroatoms. The van der Waals surface area contributed by atoms with Crippen LogP contribution in [0.5, 0.6) is 5.75 Å². The van der Waals surface area contributed by atoms with E-state index in [0.29, 0.717) is 5.75 Å². The Morgan fingerprint density at radius 2 is 1.44 bits per heavy atom. The first kappa shape index (κ1) is 9.72. The van der Waals surface area contributed by atoms with E-state index in [9.17, 15) is 5.11 Å². The third kappa shape index (κ3) is 1.06. The molecule has 0 radical (unpaired) electrons. The Morgan fingerprint density at radius 1 is 0.778 bits per heavy atom. The van der Waals surface area contributed by atoms with Crippen molar-refractivity contribution in [3.8, 4) is 5.75 Å². The summed E-state index contributed by atoms with van der Waals surface area (Å²) in [5, 5.41) is 17.2. The Hall–Kier alpha value is -2.28. The molecule has 1 N–H and O–H groups in total. The summed E-state index contributed by atoms with van der Waals surface area (Å²) in [5.41, 5.74) is 1.12. The van der Waals surface area contributed by atoms with Crippen LogP contribution in [0.1, 0.15) is 5.56 Å². The second kappa shape index (κ2) is 3.14. The molecular weight excluding hydrogens is 220 g/mol. The van der Waals surface area contributed by atoms with Crippen LogP contribution in [0.2, 0.25) is 0 Å². The van der Waals surface area contributed by atoms with Crippen molar-refractivity contribution in [3.05, 3.63) is 54.1 Å². The second-order valence-corrected chi connectivity index (χ2v) is 4.89. The van der Waals surface area contributed by atoms with Crippen molar-refractivity contribution in [2.24, 2.45) is 0 Å². The molecule has 0 amide bonds. The van der Waals surface area contributed by atoms with E-state index in [1.807, 2.05) is 19.1 Å². The first-order valence-electron chi connectivity index (χ1n) is 6.12. The second-order valence-electron chi connectivity index (χ2n) is 4.89. The highest BCUT2D eigenvalue weighted by atomic mass is 16.3. The van der Waals surface area contributed by atoms with Crippen LogP contribution >= 0.6 is 0 Å². The normalized spacial score (nSPS) is 11.8. The first-order chi connectivity index (χ1) is 8.75. The van der Waals surface area contributed by atoms with E-state index in [2.05, 4.69) is 36.4 Å². The molecule has 0 aliphatic heterocycles. The highest BCUT2D eigenvalue weighted by Crippen LogP contribution is 2.39. The zero-order valence-electron chi connectivity index (χ0n) is 10.1. The maximum absolute atomic E-state index is 10.1. The van der Waals surface area contributed by atoms with Crippen LogP contribution in [-0.4, -0.2) is 5.11 Å². The van der Waals surface area contributed by atoms with Gasteiger partial charge in [-0.3, -0.25) is 0 Å². The molecule has 4 aromatic rings. The molecule has 0 saturated carbocycles. The third-order valence-corrected chi connectivity index (χ3v) is 3.83. The number of hydrogen-bond acceptors (Lipinski definition) is 1. The van der Waals surface area contributed by atoms with Gasteiger partial charge in [0.15, 0.2) is 0 Å². The van der Waals surface area contributed by atoms with Crippen molar-refractivity contribution in [2.75, 3.05) is 0 Å². The standard InChI is InChI=1S/C17H12O/c1-10-9-15(18)14-8-6-12-4-2-3-11-5-7-13(10)17(14)16(11)12/h2-9,18H,1H3. The van der Waals surface area contributed by atoms with Crippen molar-refractivity contribution < 1.29 is 5.11 Å². The maximum atomic E-state index is 10.1. The van der Waals surface area contributed by atoms with Gasteiger partial charge in [-0.2, -0.15) is 0 Å². The van der Waals surface area contributed by atoms with Crippen molar-refractivity contribution in [1.82, 2.24) is 0 Å². The third-order valence-electron chi connectivity index (χ3n) is 3.83. The van der Waals surface area contributed by atoms with E-state index < -0.39 is 0 Å². The molecule has 4 aromatic carbocycles. The van der Waals surface area contributed by atoms with Gasteiger partial charge in [-0.15, -0.1) is 0 Å². The van der Waals surface area contributed by atoms with E-state index in [1.54, 1.807) is 0 Å². The summed E-state index contributed by atoms with van der Waals surface area (Å²) in [7, 11) is 0. The van der Waals surface area contributed by atoms with Crippen molar-refractivity contribution in [1.29, 1.82) is 0 Å². The average molecular weight is 232 g/mol. The summed E-state index contributed by atoms with van der Waals surface area (Å²) in [5.74, 6) is 0.373. The number of benzene rings is 4. The lowest BCUT2D eigenvalue weighted by Gasteiger charge is -2.13. The SMILES string of the molecule is Cc1cc(O)c2ccc3cccc4ccc1c2c43. The van der Waals surface area contributed by atoms with Crippen LogP contribution in [0.3, 0.4) is 0 Å². The van der Waals surface area contributed by atoms with Crippen molar-refractivity contribution >= 4 is 32.3 Å². The topological polar surface area (TPSA) is 20.2 Å². The molecule has 0 bridgehead atoms. The van der Waals surface area contributed by atoms with E-state index in [1.165, 1.54) is 26.9 Å². The lowest BCUT2D eigenvalue weighted by molar-refractivity contribution is 0.481. The summed E-state index contributed by atoms with van der Waals surface area (Å²) >= 11 is 0. The molecule has 0 aliphatic carbocycles. The number of hydrogen-bond donors (Lipinski definition) is 1. The molecule has 0 fully saturated rings. The Bertz CT molecular complexity index is 823. The van der Waals surface area contributed by atoms with Crippen LogP contribution in [0, 0.1) is 6.92 Å². The minimum Gasteiger partial charge on any atom is -0.507 e. The van der Waals surface area contributed by atoms with E-state index in [0.717, 1.165) is 10.9 Å². The molecule has 0 aromatic heterocycles. The summed E-state index contributed by atoms with van der Waals surface area (Å²) < 4.78 is 0. The van der Waals surface area contributed by atoms with Gasteiger partial charge in [0.25, 0.3) is 0 Å². The molecule has 0 saturated heterocycles. The predicted octanol–water partition coefficient (Wildman–Crippen LogP) is 4.60. The maximum Gasteiger partial charge on any atom is 0.123 e. The molecule has 4 rings (SSSR count). The highest BCUT2D eigenvalue weighted by Gasteiger charge is 2.11. The van der Waals surface area contributed by atoms with E-state index >= 15 is 0 Å². The molecule has 0 heterocycles. The number of rotatable bonds is 0. The number of aryl methyl sites for hydroxylation is 1. The van der Waals surface area contributed by atoms with Gasteiger partial charge >= 0.3 is 0 Å². The van der Waals surface area contributed by atoms with Crippen molar-refractivity contribution in [3.63, 3.8) is 0 Å². The van der Waals surface area contributed by atoms with Crippen LogP contribution < -0.4 is 0 Å². The predicted molar refractivity (Wildman–Crippen MR) is 76.5 cm³/mol. The highest BCUT2D eigenvalue weighted by molar-refractivity contribution is 6.24. The van der Waals surface area contributed by atoms with Crippen LogP contribution in [0.25, 0.3) is 32.3 Å². The minimum atomic E-state index is 0.373. The van der Waals surface area contributed by atoms with Gasteiger partial charge in [-0.25, -0.2) is 0 Å². The number of phenols is 1. The quantitative estimate of drug-likeness (QED) is 0.439. The van der Waals surface area contributed by atoms with Gasteiger partial charge in [-0.05, 0) is 40.1 Å². The molecule has 1 nitrogen and oxygen atoms in total. The summed E-state index contributed by atoms with van der Waals surface area (Å²) in [6, 6.07) is 16.6. The monoisotopic (exact) mass is 232 g/mol. The van der Waals surface area contributed by atoms with Gasteiger partial charge in [0.2, 0.25) is 0 Å². The lowest BCUT2D eigenvalue weighted by atomic mass is 9.92. The van der Waals surface area contributed by atoms with Gasteiger partial charge < -0.3 is 5.11 Å². The fourth-order valence-corrected chi connectivity index (χ4v) is 2.99. The Morgan fingerprint density at radius 3 is 2.17 bits per heavy atom. The molecule has 86 valence electrons. The Kier molecular flexibility index (Phi) is 1.69. The molecular formula is C17H12O. The molecule has 0 atom stereocenters. The molecule has 0 aliphatic rings. The fourth-order valence-electron chi connectivity index (χ4n) is 2.99. The largest absolute Gasteiger partial charge is 0.507 e. The Labute approximate surface area is 105 Å². The van der Waals surface area contributed by atoms with Gasteiger partial charge in [0.05, 0.1) is 0 Å². The van der Waals surface area contributed by atoms with E-state index in [-0.39, 0.29) is 0 Å². The molecule has 18 heavy (non-hydrogen) atoms. The lowest BCUT2D eigenvalue weighted by Crippen LogP contribution is -1.86. The van der Waals surface area contributed by atoms with E-state index in [4.69, 9.17) is 0 Å². The number of aromatic hydroxyl groups is 1. The summed E-state index contributed by atoms with van der Waals surface area (Å²) in [6.07, 6.45) is 0. The molecule has 0 unspecified atom stereocenters. The smallest absolute Gasteiger partial charge is 0.123 e. The van der Waals surface area contributed by atoms with Crippen LogP contribution in [0.15, 0.2) is 48.5 Å². The Balaban J connectivity index is 2.48. The average Bonchev–Trinajstić information content (AvgIpc) is 2.38. The van der Waals surface area contributed by atoms with Gasteiger partial charge in [-0.1, -0.05) is 42.5 Å². The number of phenolic OH excluding ortho intramolecular Hbond substituents is 1. The van der Waals surface area contributed by atoms with Crippen LogP contribution in [0.4, 0.5) is 0 Å². The van der Waals surface area contributed by atoms with Gasteiger partial charge in [0.1, 0.15) is 5.75 Å². The minimum absolute atomic E-state index is 0.373. The fraction of sp³-hybridized carbons (Fsp3) is 0.0588. The summed E-state index contributed by atoms with van der Waals surface area (Å²) in [6.45, 7) is 2.05. The first-order valence-corrected chi connectivity index (χ1v) is 6.12.